The van der Waals surface area contributed by atoms with E-state index >= 15 is 0 Å². The summed E-state index contributed by atoms with van der Waals surface area (Å²) < 4.78 is 29.0. The first-order valence-electron chi connectivity index (χ1n) is 12.0. The first-order chi connectivity index (χ1) is 17.4. The number of hydrogen-bond donors (Lipinski definition) is 0. The fourth-order valence-electron chi connectivity index (χ4n) is 3.93. The molecule has 0 saturated carbocycles. The van der Waals surface area contributed by atoms with Crippen LogP contribution in [-0.4, -0.2) is 27.4 Å². The molecule has 0 fully saturated rings. The number of fused-ring (bicyclic) bond motifs is 1. The number of benzene rings is 3. The molecule has 0 atom stereocenters. The topological polar surface area (TPSA) is 67.1 Å². The second-order valence-corrected chi connectivity index (χ2v) is 8.81. The summed E-state index contributed by atoms with van der Waals surface area (Å²) in [5, 5.41) is 0.500. The maximum absolute atomic E-state index is 13.5. The lowest BCUT2D eigenvalue weighted by molar-refractivity contribution is 0.263. The molecule has 1 heterocycles. The van der Waals surface area contributed by atoms with Gasteiger partial charge in [0.05, 0.1) is 32.8 Å². The van der Waals surface area contributed by atoms with E-state index < -0.39 is 0 Å². The number of rotatable bonds is 10. The smallest absolute Gasteiger partial charge is 0.235 e. The highest BCUT2D eigenvalue weighted by Crippen LogP contribution is 2.37. The van der Waals surface area contributed by atoms with E-state index in [4.69, 9.17) is 23.4 Å². The van der Waals surface area contributed by atoms with Crippen LogP contribution in [0.2, 0.25) is 0 Å². The normalized spacial score (nSPS) is 10.9. The maximum atomic E-state index is 13.5. The Balaban J connectivity index is 1.58. The van der Waals surface area contributed by atoms with E-state index in [1.807, 2.05) is 63.2 Å². The molecule has 0 amide bonds. The zero-order valence-corrected chi connectivity index (χ0v) is 21.5. The highest BCUT2D eigenvalue weighted by Gasteiger charge is 2.20. The van der Waals surface area contributed by atoms with Gasteiger partial charge in [0.15, 0.2) is 17.3 Å². The van der Waals surface area contributed by atoms with E-state index in [1.54, 1.807) is 26.4 Å². The van der Waals surface area contributed by atoms with Gasteiger partial charge >= 0.3 is 0 Å². The summed E-state index contributed by atoms with van der Waals surface area (Å²) in [4.78, 5) is 13.5. The van der Waals surface area contributed by atoms with Gasteiger partial charge in [-0.25, -0.2) is 0 Å². The highest BCUT2D eigenvalue weighted by atomic mass is 16.5. The van der Waals surface area contributed by atoms with Crippen LogP contribution in [-0.2, 0) is 0 Å². The maximum Gasteiger partial charge on any atom is 0.235 e. The second kappa shape index (κ2) is 11.2. The molecule has 0 unspecified atom stereocenters. The van der Waals surface area contributed by atoms with Crippen LogP contribution in [0.1, 0.15) is 29.5 Å². The zero-order chi connectivity index (χ0) is 25.7. The number of hydrogen-bond acceptors (Lipinski definition) is 6. The molecule has 0 aliphatic carbocycles. The van der Waals surface area contributed by atoms with Gasteiger partial charge in [-0.05, 0) is 87.2 Å². The van der Waals surface area contributed by atoms with Gasteiger partial charge in [0.1, 0.15) is 11.3 Å². The van der Waals surface area contributed by atoms with Crippen molar-refractivity contribution in [2.45, 2.75) is 33.6 Å². The standard InChI is InChI=1S/C30H32O6/c1-19-8-11-23(12-9-19)34-14-6-7-15-35-30-28(31)24-16-20(2)21(3)17-26(24)36-29(30)22-10-13-25(32-4)27(18-22)33-5/h8-13,16-18H,6-7,14-15H2,1-5H3. The molecule has 6 nitrogen and oxygen atoms in total. The molecule has 4 aromatic rings. The van der Waals surface area contributed by atoms with Crippen LogP contribution in [0.3, 0.4) is 0 Å². The van der Waals surface area contributed by atoms with Crippen molar-refractivity contribution in [1.29, 1.82) is 0 Å². The Kier molecular flexibility index (Phi) is 7.84. The lowest BCUT2D eigenvalue weighted by atomic mass is 10.0. The molecule has 3 aromatic carbocycles. The van der Waals surface area contributed by atoms with Crippen molar-refractivity contribution in [3.63, 3.8) is 0 Å². The minimum absolute atomic E-state index is 0.192. The molecule has 6 heteroatoms. The van der Waals surface area contributed by atoms with Crippen molar-refractivity contribution in [1.82, 2.24) is 0 Å². The van der Waals surface area contributed by atoms with Crippen LogP contribution in [0.15, 0.2) is 63.8 Å². The minimum Gasteiger partial charge on any atom is -0.494 e. The van der Waals surface area contributed by atoms with E-state index in [1.165, 1.54) is 5.56 Å². The fourth-order valence-corrected chi connectivity index (χ4v) is 3.93. The number of ether oxygens (including phenoxy) is 4. The van der Waals surface area contributed by atoms with Crippen LogP contribution in [0.4, 0.5) is 0 Å². The van der Waals surface area contributed by atoms with Crippen LogP contribution in [0.5, 0.6) is 23.0 Å². The molecule has 0 bridgehead atoms. The van der Waals surface area contributed by atoms with E-state index in [9.17, 15) is 4.79 Å². The van der Waals surface area contributed by atoms with Crippen LogP contribution in [0.25, 0.3) is 22.3 Å². The second-order valence-electron chi connectivity index (χ2n) is 8.81. The third-order valence-corrected chi connectivity index (χ3v) is 6.19. The number of aryl methyl sites for hydroxylation is 3. The Hall–Kier alpha value is -3.93. The molecular formula is C30H32O6. The minimum atomic E-state index is -0.194. The number of unbranched alkanes of at least 4 members (excludes halogenated alkanes) is 1. The third-order valence-electron chi connectivity index (χ3n) is 6.19. The van der Waals surface area contributed by atoms with E-state index in [0.717, 1.165) is 29.7 Å². The molecule has 188 valence electrons. The molecule has 4 rings (SSSR count). The van der Waals surface area contributed by atoms with Crippen LogP contribution >= 0.6 is 0 Å². The van der Waals surface area contributed by atoms with Crippen molar-refractivity contribution in [2.75, 3.05) is 27.4 Å². The quantitative estimate of drug-likeness (QED) is 0.233. The molecule has 0 saturated heterocycles. The average molecular weight is 489 g/mol. The Labute approximate surface area is 211 Å². The van der Waals surface area contributed by atoms with E-state index in [2.05, 4.69) is 0 Å². The summed E-state index contributed by atoms with van der Waals surface area (Å²) in [5.74, 6) is 2.53. The lowest BCUT2D eigenvalue weighted by Crippen LogP contribution is -2.12. The third kappa shape index (κ3) is 5.48. The van der Waals surface area contributed by atoms with E-state index in [-0.39, 0.29) is 11.2 Å². The molecule has 0 radical (unpaired) electrons. The molecule has 0 N–H and O–H groups in total. The van der Waals surface area contributed by atoms with E-state index in [0.29, 0.717) is 47.0 Å². The van der Waals surface area contributed by atoms with Crippen molar-refractivity contribution < 1.29 is 23.4 Å². The van der Waals surface area contributed by atoms with Gasteiger partial charge in [-0.15, -0.1) is 0 Å². The summed E-state index contributed by atoms with van der Waals surface area (Å²) in [6, 6.07) is 17.1. The predicted molar refractivity (Wildman–Crippen MR) is 142 cm³/mol. The Morgan fingerprint density at radius 1 is 0.750 bits per heavy atom. The molecular weight excluding hydrogens is 456 g/mol. The van der Waals surface area contributed by atoms with Gasteiger partial charge in [0, 0.05) is 5.56 Å². The van der Waals surface area contributed by atoms with Gasteiger partial charge in [0.2, 0.25) is 11.2 Å². The summed E-state index contributed by atoms with van der Waals surface area (Å²) in [6.07, 6.45) is 1.51. The lowest BCUT2D eigenvalue weighted by Gasteiger charge is -2.14. The van der Waals surface area contributed by atoms with Gasteiger partial charge in [-0.2, -0.15) is 0 Å². The van der Waals surface area contributed by atoms with Crippen LogP contribution in [0, 0.1) is 20.8 Å². The van der Waals surface area contributed by atoms with Gasteiger partial charge in [-0.3, -0.25) is 4.79 Å². The Morgan fingerprint density at radius 3 is 2.11 bits per heavy atom. The molecule has 1 aromatic heterocycles. The molecule has 0 aliphatic heterocycles. The summed E-state index contributed by atoms with van der Waals surface area (Å²) in [5.41, 5.74) is 4.26. The largest absolute Gasteiger partial charge is 0.494 e. The van der Waals surface area contributed by atoms with Crippen molar-refractivity contribution in [2.24, 2.45) is 0 Å². The molecule has 0 spiro atoms. The zero-order valence-electron chi connectivity index (χ0n) is 21.5. The number of methoxy groups -OCH3 is 2. The highest BCUT2D eigenvalue weighted by molar-refractivity contribution is 5.83. The van der Waals surface area contributed by atoms with Crippen molar-refractivity contribution in [3.8, 4) is 34.3 Å². The summed E-state index contributed by atoms with van der Waals surface area (Å²) in [6.45, 7) is 6.95. The average Bonchev–Trinajstić information content (AvgIpc) is 2.89. The van der Waals surface area contributed by atoms with Gasteiger partial charge in [0.25, 0.3) is 0 Å². The van der Waals surface area contributed by atoms with Crippen molar-refractivity contribution in [3.05, 3.63) is 81.5 Å². The Bertz CT molecular complexity index is 1400. The Morgan fingerprint density at radius 2 is 1.42 bits per heavy atom. The van der Waals surface area contributed by atoms with Crippen LogP contribution < -0.4 is 24.4 Å². The predicted octanol–water partition coefficient (Wildman–Crippen LogP) is 6.64. The van der Waals surface area contributed by atoms with Gasteiger partial charge < -0.3 is 23.4 Å². The first-order valence-corrected chi connectivity index (χ1v) is 12.0. The van der Waals surface area contributed by atoms with Crippen molar-refractivity contribution >= 4 is 11.0 Å². The SMILES string of the molecule is COc1ccc(-c2oc3cc(C)c(C)cc3c(=O)c2OCCCCOc2ccc(C)cc2)cc1OC. The molecule has 0 aliphatic rings. The molecule has 36 heavy (non-hydrogen) atoms. The van der Waals surface area contributed by atoms with Gasteiger partial charge in [-0.1, -0.05) is 17.7 Å². The summed E-state index contributed by atoms with van der Waals surface area (Å²) >= 11 is 0. The first kappa shape index (κ1) is 25.2. The summed E-state index contributed by atoms with van der Waals surface area (Å²) in [7, 11) is 3.15. The fraction of sp³-hybridized carbons (Fsp3) is 0.300. The monoisotopic (exact) mass is 488 g/mol.